The fourth-order valence-corrected chi connectivity index (χ4v) is 10.8. The molecule has 0 unspecified atom stereocenters. The molecule has 3 aromatic carbocycles. The molecule has 4 aromatic heterocycles. The van der Waals surface area contributed by atoms with Gasteiger partial charge in [-0.3, -0.25) is 23.4 Å². The molecular weight excluding hydrogens is 826 g/mol. The number of fused-ring (bicyclic) bond motifs is 2. The third-order valence-corrected chi connectivity index (χ3v) is 15.0. The standard InChI is InChI=1S/C46H46FN9O6S/c1-26-25-46(26,43-49-44(58)62-51-43)55-38-13-6-30(28-15-20-61-21-16-28)22-31(38)23-39(55)42(57)52-17-14-37-40(27(52)2)41(56(50-37)33-9-12-36(47)35(24-33)29-4-5-29)54-19-18-53(45(54)59)32-7-10-34(11-8-32)63(3,48)60/h6-13,18-19,22-24,26-29,48H,4-5,14-17,20-21,25H2,1-3H3,(H,49,51,58)/t26-,27-,46-,63-/m0/s1. The molecule has 0 radical (unpaired) electrons. The third-order valence-electron chi connectivity index (χ3n) is 13.8. The lowest BCUT2D eigenvalue weighted by Gasteiger charge is -2.34. The molecule has 0 spiro atoms. The highest BCUT2D eigenvalue weighted by molar-refractivity contribution is 7.91. The van der Waals surface area contributed by atoms with Crippen LogP contribution in [0.1, 0.15) is 103 Å². The summed E-state index contributed by atoms with van der Waals surface area (Å²) < 4.78 is 53.0. The van der Waals surface area contributed by atoms with Crippen LogP contribution < -0.4 is 11.4 Å². The number of aromatic amines is 1. The van der Waals surface area contributed by atoms with Gasteiger partial charge in [0.2, 0.25) is 0 Å². The zero-order chi connectivity index (χ0) is 43.5. The number of hydrogen-bond acceptors (Lipinski definition) is 9. The van der Waals surface area contributed by atoms with Crippen molar-refractivity contribution in [2.75, 3.05) is 26.0 Å². The van der Waals surface area contributed by atoms with Gasteiger partial charge in [0.1, 0.15) is 22.9 Å². The zero-order valence-corrected chi connectivity index (χ0v) is 35.9. The first-order chi connectivity index (χ1) is 30.3. The van der Waals surface area contributed by atoms with E-state index in [1.54, 1.807) is 47.4 Å². The minimum absolute atomic E-state index is 0.0205. The van der Waals surface area contributed by atoms with Gasteiger partial charge in [-0.2, -0.15) is 5.10 Å². The minimum atomic E-state index is -2.96. The van der Waals surface area contributed by atoms with Crippen LogP contribution in [0, 0.1) is 16.5 Å². The van der Waals surface area contributed by atoms with Crippen molar-refractivity contribution in [2.45, 2.75) is 80.7 Å². The van der Waals surface area contributed by atoms with E-state index in [4.69, 9.17) is 19.1 Å². The van der Waals surface area contributed by atoms with Crippen molar-refractivity contribution >= 4 is 26.5 Å². The van der Waals surface area contributed by atoms with Crippen molar-refractivity contribution < 1.29 is 22.7 Å². The van der Waals surface area contributed by atoms with E-state index >= 15 is 9.18 Å². The molecule has 6 heterocycles. The van der Waals surface area contributed by atoms with Crippen LogP contribution >= 0.6 is 0 Å². The lowest BCUT2D eigenvalue weighted by Crippen LogP contribution is -2.41. The van der Waals surface area contributed by atoms with Crippen LogP contribution in [0.5, 0.6) is 0 Å². The topological polar surface area (TPSA) is 179 Å². The fourth-order valence-electron chi connectivity index (χ4n) is 10.1. The second kappa shape index (κ2) is 14.4. The molecular formula is C46H46FN9O6S. The van der Waals surface area contributed by atoms with Gasteiger partial charge in [0, 0.05) is 66.2 Å². The van der Waals surface area contributed by atoms with Crippen molar-refractivity contribution in [3.8, 4) is 17.2 Å². The summed E-state index contributed by atoms with van der Waals surface area (Å²) in [6.07, 6.45) is 9.26. The van der Waals surface area contributed by atoms with Gasteiger partial charge in [-0.25, -0.2) is 27.6 Å². The van der Waals surface area contributed by atoms with Gasteiger partial charge < -0.3 is 14.2 Å². The monoisotopic (exact) mass is 871 g/mol. The minimum Gasteiger partial charge on any atom is -0.381 e. The number of rotatable bonds is 9. The molecule has 4 aliphatic rings. The quantitative estimate of drug-likeness (QED) is 0.157. The normalized spacial score (nSPS) is 22.3. The van der Waals surface area contributed by atoms with E-state index in [2.05, 4.69) is 35.3 Å². The Labute approximate surface area is 361 Å². The SMILES string of the molecule is C[C@H]1c2c(nn(-c3ccc(F)c(C4CC4)c3)c2-n2ccn(-c3ccc([S@@](C)(=N)=O)cc3)c2=O)CCN1C(=O)c1cc2cc(C3CCOCC3)ccc2n1[C@@]1(c2noc(=O)[nH]2)C[C@@H]1C. The Morgan fingerprint density at radius 2 is 1.67 bits per heavy atom. The summed E-state index contributed by atoms with van der Waals surface area (Å²) in [6, 6.07) is 19.1. The highest BCUT2D eigenvalue weighted by Gasteiger charge is 2.59. The van der Waals surface area contributed by atoms with E-state index in [1.807, 2.05) is 28.5 Å². The van der Waals surface area contributed by atoms with Gasteiger partial charge in [0.25, 0.3) is 5.91 Å². The van der Waals surface area contributed by atoms with Crippen LogP contribution in [0.25, 0.3) is 28.1 Å². The summed E-state index contributed by atoms with van der Waals surface area (Å²) in [5.74, 6) is 0.0847. The summed E-state index contributed by atoms with van der Waals surface area (Å²) in [4.78, 5) is 47.4. The number of aromatic nitrogens is 7. The van der Waals surface area contributed by atoms with Crippen LogP contribution in [-0.4, -0.2) is 74.7 Å². The number of nitrogens with zero attached hydrogens (tertiary/aromatic N) is 7. The molecule has 1 saturated heterocycles. The molecule has 15 nitrogen and oxygen atoms in total. The number of hydrogen-bond donors (Lipinski definition) is 2. The number of carbonyl (C=O) groups is 1. The highest BCUT2D eigenvalue weighted by Crippen LogP contribution is 2.56. The van der Waals surface area contributed by atoms with Gasteiger partial charge in [-0.05, 0) is 129 Å². The number of ether oxygens (including phenoxy) is 1. The molecule has 7 aromatic rings. The molecule has 2 N–H and O–H groups in total. The van der Waals surface area contributed by atoms with Crippen molar-refractivity contribution in [1.29, 1.82) is 4.78 Å². The summed E-state index contributed by atoms with van der Waals surface area (Å²) in [6.45, 7) is 5.74. The number of halogens is 1. The number of imidazole rings is 1. The molecule has 2 aliphatic heterocycles. The van der Waals surface area contributed by atoms with Gasteiger partial charge in [-0.1, -0.05) is 18.1 Å². The Morgan fingerprint density at radius 1 is 0.937 bits per heavy atom. The number of amides is 1. The largest absolute Gasteiger partial charge is 0.438 e. The van der Waals surface area contributed by atoms with E-state index in [0.29, 0.717) is 88.9 Å². The molecule has 2 aliphatic carbocycles. The second-order valence-electron chi connectivity index (χ2n) is 17.7. The van der Waals surface area contributed by atoms with Crippen LogP contribution in [0.2, 0.25) is 0 Å². The highest BCUT2D eigenvalue weighted by atomic mass is 32.2. The molecule has 17 heteroatoms. The first-order valence-corrected chi connectivity index (χ1v) is 23.5. The number of H-pyrrole nitrogens is 1. The van der Waals surface area contributed by atoms with Gasteiger partial charge in [0.15, 0.2) is 5.82 Å². The Hall–Kier alpha value is -6.33. The first-order valence-electron chi connectivity index (χ1n) is 21.5. The van der Waals surface area contributed by atoms with Gasteiger partial charge in [0.05, 0.1) is 32.8 Å². The van der Waals surface area contributed by atoms with E-state index < -0.39 is 32.8 Å². The molecule has 0 bridgehead atoms. The maximum atomic E-state index is 15.5. The van der Waals surface area contributed by atoms with E-state index in [9.17, 15) is 13.8 Å². The molecule has 324 valence electrons. The molecule has 63 heavy (non-hydrogen) atoms. The Morgan fingerprint density at radius 3 is 2.35 bits per heavy atom. The van der Waals surface area contributed by atoms with Crippen LogP contribution in [0.3, 0.4) is 0 Å². The average molecular weight is 872 g/mol. The molecule has 3 fully saturated rings. The van der Waals surface area contributed by atoms with Crippen LogP contribution in [-0.2, 0) is 26.4 Å². The number of benzene rings is 3. The third kappa shape index (κ3) is 6.37. The van der Waals surface area contributed by atoms with Crippen molar-refractivity contribution in [3.63, 3.8) is 0 Å². The second-order valence-corrected chi connectivity index (χ2v) is 19.9. The maximum Gasteiger partial charge on any atom is 0.438 e. The summed E-state index contributed by atoms with van der Waals surface area (Å²) in [5, 5.41) is 10.2. The summed E-state index contributed by atoms with van der Waals surface area (Å²) in [5.41, 5.74) is 4.33. The zero-order valence-electron chi connectivity index (χ0n) is 35.0. The lowest BCUT2D eigenvalue weighted by atomic mass is 9.91. The Kier molecular flexibility index (Phi) is 9.00. The van der Waals surface area contributed by atoms with E-state index in [1.165, 1.54) is 27.0 Å². The predicted molar refractivity (Wildman–Crippen MR) is 231 cm³/mol. The average Bonchev–Trinajstić information content (AvgIpc) is 3.98. The first kappa shape index (κ1) is 39.5. The lowest BCUT2D eigenvalue weighted by molar-refractivity contribution is 0.0663. The van der Waals surface area contributed by atoms with Crippen LogP contribution in [0.15, 0.2) is 98.1 Å². The Balaban J connectivity index is 1.05. The maximum absolute atomic E-state index is 15.5. The summed E-state index contributed by atoms with van der Waals surface area (Å²) in [7, 11) is -2.96. The van der Waals surface area contributed by atoms with Gasteiger partial charge in [-0.15, -0.1) is 0 Å². The van der Waals surface area contributed by atoms with Gasteiger partial charge >= 0.3 is 11.4 Å². The molecule has 1 amide bonds. The molecule has 11 rings (SSSR count). The predicted octanol–water partition coefficient (Wildman–Crippen LogP) is 6.93. The summed E-state index contributed by atoms with van der Waals surface area (Å²) >= 11 is 0. The number of nitrogens with one attached hydrogen (secondary N) is 2. The number of carbonyl (C=O) groups excluding carboxylic acids is 1. The molecule has 2 saturated carbocycles. The molecule has 4 atom stereocenters. The van der Waals surface area contributed by atoms with E-state index in [-0.39, 0.29) is 23.6 Å². The van der Waals surface area contributed by atoms with Crippen molar-refractivity contribution in [1.82, 2.24) is 38.5 Å². The fraction of sp³-hybridized carbons (Fsp3) is 0.370. The van der Waals surface area contributed by atoms with E-state index in [0.717, 1.165) is 36.6 Å². The smallest absolute Gasteiger partial charge is 0.381 e. The van der Waals surface area contributed by atoms with Crippen LogP contribution in [0.4, 0.5) is 4.39 Å². The van der Waals surface area contributed by atoms with Crippen molar-refractivity contribution in [3.05, 3.63) is 140 Å². The Bertz CT molecular complexity index is 3220. The van der Waals surface area contributed by atoms with Crippen molar-refractivity contribution in [2.24, 2.45) is 5.92 Å².